The van der Waals surface area contributed by atoms with Gasteiger partial charge in [-0.05, 0) is 36.8 Å². The number of nitrogens with one attached hydrogen (secondary N) is 3. The number of rotatable bonds is 9. The lowest BCUT2D eigenvalue weighted by molar-refractivity contribution is 0.0954. The predicted molar refractivity (Wildman–Crippen MR) is 107 cm³/mol. The van der Waals surface area contributed by atoms with Crippen molar-refractivity contribution in [3.05, 3.63) is 71.0 Å². The summed E-state index contributed by atoms with van der Waals surface area (Å²) < 4.78 is 12.8. The van der Waals surface area contributed by atoms with Gasteiger partial charge in [0, 0.05) is 36.7 Å². The van der Waals surface area contributed by atoms with Crippen LogP contribution < -0.4 is 16.0 Å². The summed E-state index contributed by atoms with van der Waals surface area (Å²) in [5, 5.41) is 8.12. The van der Waals surface area contributed by atoms with Crippen LogP contribution in [0.15, 0.2) is 48.5 Å². The van der Waals surface area contributed by atoms with E-state index in [0.717, 1.165) is 11.5 Å². The summed E-state index contributed by atoms with van der Waals surface area (Å²) in [6, 6.07) is 13.5. The van der Waals surface area contributed by atoms with Gasteiger partial charge >= 0.3 is 6.03 Å². The van der Waals surface area contributed by atoms with E-state index in [2.05, 4.69) is 47.1 Å². The van der Waals surface area contributed by atoms with Crippen molar-refractivity contribution in [2.24, 2.45) is 0 Å². The van der Waals surface area contributed by atoms with Crippen LogP contribution in [0.3, 0.4) is 0 Å². The van der Waals surface area contributed by atoms with Gasteiger partial charge in [0.15, 0.2) is 0 Å². The van der Waals surface area contributed by atoms with E-state index < -0.39 is 0 Å². The fraction of sp³-hybridized carbons (Fsp3) is 0.300. The fourth-order valence-electron chi connectivity index (χ4n) is 2.23. The average molecular weight is 389 g/mol. The number of thioether (sulfide) groups is 1. The van der Waals surface area contributed by atoms with Gasteiger partial charge in [-0.15, -0.1) is 0 Å². The normalized spacial score (nSPS) is 10.3. The summed E-state index contributed by atoms with van der Waals surface area (Å²) in [6.07, 6.45) is 0. The molecule has 2 aromatic carbocycles. The number of carbonyl (C=O) groups is 2. The third-order valence-electron chi connectivity index (χ3n) is 3.72. The molecule has 0 saturated carbocycles. The van der Waals surface area contributed by atoms with E-state index >= 15 is 0 Å². The summed E-state index contributed by atoms with van der Waals surface area (Å²) in [5.41, 5.74) is 2.90. The number of aryl methyl sites for hydroxylation is 1. The second-order valence-corrected chi connectivity index (χ2v) is 7.09. The zero-order valence-corrected chi connectivity index (χ0v) is 16.1. The SMILES string of the molecule is Cc1ccc(CSCCNC(=O)NCCNC(=O)c2ccc(F)cc2)cc1. The van der Waals surface area contributed by atoms with E-state index in [4.69, 9.17) is 0 Å². The van der Waals surface area contributed by atoms with Crippen molar-refractivity contribution in [1.82, 2.24) is 16.0 Å². The Morgan fingerprint density at radius 3 is 2.22 bits per heavy atom. The second kappa shape index (κ2) is 11.2. The van der Waals surface area contributed by atoms with Crippen molar-refractivity contribution in [1.29, 1.82) is 0 Å². The fourth-order valence-corrected chi connectivity index (χ4v) is 3.05. The van der Waals surface area contributed by atoms with Gasteiger partial charge in [0.05, 0.1) is 0 Å². The third kappa shape index (κ3) is 8.13. The first kappa shape index (κ1) is 20.8. The quantitative estimate of drug-likeness (QED) is 0.577. The molecule has 0 aromatic heterocycles. The van der Waals surface area contributed by atoms with Crippen molar-refractivity contribution >= 4 is 23.7 Å². The number of benzene rings is 2. The van der Waals surface area contributed by atoms with Gasteiger partial charge in [-0.1, -0.05) is 29.8 Å². The number of amides is 3. The highest BCUT2D eigenvalue weighted by Gasteiger charge is 2.05. The maximum Gasteiger partial charge on any atom is 0.314 e. The predicted octanol–water partition coefficient (Wildman–Crippen LogP) is 3.10. The minimum Gasteiger partial charge on any atom is -0.350 e. The molecule has 144 valence electrons. The van der Waals surface area contributed by atoms with E-state index in [9.17, 15) is 14.0 Å². The first-order valence-corrected chi connectivity index (χ1v) is 9.89. The van der Waals surface area contributed by atoms with Crippen LogP contribution in [0.1, 0.15) is 21.5 Å². The molecule has 0 aliphatic rings. The number of hydrogen-bond acceptors (Lipinski definition) is 3. The first-order chi connectivity index (χ1) is 13.0. The Labute approximate surface area is 163 Å². The molecule has 7 heteroatoms. The van der Waals surface area contributed by atoms with Gasteiger partial charge in [-0.2, -0.15) is 11.8 Å². The molecular formula is C20H24FN3O2S. The highest BCUT2D eigenvalue weighted by atomic mass is 32.2. The van der Waals surface area contributed by atoms with Crippen LogP contribution in [0.2, 0.25) is 0 Å². The molecule has 3 amide bonds. The third-order valence-corrected chi connectivity index (χ3v) is 4.75. The van der Waals surface area contributed by atoms with Gasteiger partial charge < -0.3 is 16.0 Å². The summed E-state index contributed by atoms with van der Waals surface area (Å²) in [7, 11) is 0. The topological polar surface area (TPSA) is 70.2 Å². The lowest BCUT2D eigenvalue weighted by atomic mass is 10.2. The Hall–Kier alpha value is -2.54. The number of carbonyl (C=O) groups excluding carboxylic acids is 2. The zero-order chi connectivity index (χ0) is 19.5. The Balaban J connectivity index is 1.50. The molecule has 3 N–H and O–H groups in total. The van der Waals surface area contributed by atoms with Crippen LogP contribution in [-0.2, 0) is 5.75 Å². The number of halogens is 1. The van der Waals surface area contributed by atoms with Crippen LogP contribution in [0.5, 0.6) is 0 Å². The minimum atomic E-state index is -0.387. The van der Waals surface area contributed by atoms with Gasteiger partial charge in [-0.3, -0.25) is 4.79 Å². The molecule has 0 bridgehead atoms. The maximum atomic E-state index is 12.8. The molecule has 2 rings (SSSR count). The van der Waals surface area contributed by atoms with E-state index in [1.54, 1.807) is 11.8 Å². The maximum absolute atomic E-state index is 12.8. The van der Waals surface area contributed by atoms with Gasteiger partial charge in [-0.25, -0.2) is 9.18 Å². The summed E-state index contributed by atoms with van der Waals surface area (Å²) in [5.74, 6) is 1.05. The summed E-state index contributed by atoms with van der Waals surface area (Å²) in [4.78, 5) is 23.5. The van der Waals surface area contributed by atoms with Gasteiger partial charge in [0.25, 0.3) is 5.91 Å². The molecule has 2 aromatic rings. The van der Waals surface area contributed by atoms with Crippen LogP contribution >= 0.6 is 11.8 Å². The van der Waals surface area contributed by atoms with Gasteiger partial charge in [0.1, 0.15) is 5.82 Å². The average Bonchev–Trinajstić information content (AvgIpc) is 2.67. The van der Waals surface area contributed by atoms with E-state index in [0.29, 0.717) is 25.2 Å². The van der Waals surface area contributed by atoms with Crippen LogP contribution in [0, 0.1) is 12.7 Å². The Bertz CT molecular complexity index is 736. The van der Waals surface area contributed by atoms with E-state index in [1.165, 1.54) is 35.4 Å². The molecular weight excluding hydrogens is 365 g/mol. The largest absolute Gasteiger partial charge is 0.350 e. The molecule has 27 heavy (non-hydrogen) atoms. The molecule has 0 unspecified atom stereocenters. The van der Waals surface area contributed by atoms with E-state index in [-0.39, 0.29) is 17.8 Å². The molecule has 0 spiro atoms. The molecule has 0 aliphatic heterocycles. The Morgan fingerprint density at radius 1 is 0.889 bits per heavy atom. The molecule has 0 aliphatic carbocycles. The lowest BCUT2D eigenvalue weighted by Crippen LogP contribution is -2.41. The summed E-state index contributed by atoms with van der Waals surface area (Å²) in [6.45, 7) is 3.25. The monoisotopic (exact) mass is 389 g/mol. The lowest BCUT2D eigenvalue weighted by Gasteiger charge is -2.09. The smallest absolute Gasteiger partial charge is 0.314 e. The number of urea groups is 1. The Morgan fingerprint density at radius 2 is 1.52 bits per heavy atom. The van der Waals surface area contributed by atoms with Gasteiger partial charge in [0.2, 0.25) is 0 Å². The second-order valence-electron chi connectivity index (χ2n) is 5.98. The van der Waals surface area contributed by atoms with Crippen molar-refractivity contribution < 1.29 is 14.0 Å². The van der Waals surface area contributed by atoms with E-state index in [1.807, 2.05) is 0 Å². The van der Waals surface area contributed by atoms with Crippen molar-refractivity contribution in [2.75, 3.05) is 25.4 Å². The summed E-state index contributed by atoms with van der Waals surface area (Å²) >= 11 is 1.76. The molecule has 0 heterocycles. The van der Waals surface area contributed by atoms with Crippen molar-refractivity contribution in [2.45, 2.75) is 12.7 Å². The molecule has 5 nitrogen and oxygen atoms in total. The Kier molecular flexibility index (Phi) is 8.64. The van der Waals surface area contributed by atoms with Crippen LogP contribution in [0.4, 0.5) is 9.18 Å². The van der Waals surface area contributed by atoms with Crippen LogP contribution in [0.25, 0.3) is 0 Å². The van der Waals surface area contributed by atoms with Crippen molar-refractivity contribution in [3.63, 3.8) is 0 Å². The number of hydrogen-bond donors (Lipinski definition) is 3. The van der Waals surface area contributed by atoms with Crippen LogP contribution in [-0.4, -0.2) is 37.3 Å². The highest BCUT2D eigenvalue weighted by Crippen LogP contribution is 2.12. The standard InChI is InChI=1S/C20H24FN3O2S/c1-15-2-4-16(5-3-15)14-27-13-12-24-20(26)23-11-10-22-19(25)17-6-8-18(21)9-7-17/h2-9H,10-14H2,1H3,(H,22,25)(H2,23,24,26). The molecule has 0 atom stereocenters. The van der Waals surface area contributed by atoms with Crippen molar-refractivity contribution in [3.8, 4) is 0 Å². The molecule has 0 saturated heterocycles. The minimum absolute atomic E-state index is 0.262. The first-order valence-electron chi connectivity index (χ1n) is 8.73. The zero-order valence-electron chi connectivity index (χ0n) is 15.3. The molecule has 0 fully saturated rings. The highest BCUT2D eigenvalue weighted by molar-refractivity contribution is 7.98. The molecule has 0 radical (unpaired) electrons.